The third-order valence-electron chi connectivity index (χ3n) is 3.87. The van der Waals surface area contributed by atoms with E-state index in [1.165, 1.54) is 44.2 Å². The summed E-state index contributed by atoms with van der Waals surface area (Å²) in [6.07, 6.45) is 6.29. The van der Waals surface area contributed by atoms with E-state index in [-0.39, 0.29) is 12.4 Å². The van der Waals surface area contributed by atoms with Crippen molar-refractivity contribution in [3.63, 3.8) is 0 Å². The molecule has 1 N–H and O–H groups in total. The van der Waals surface area contributed by atoms with E-state index in [4.69, 9.17) is 0 Å². The van der Waals surface area contributed by atoms with Crippen LogP contribution in [0.4, 0.5) is 4.39 Å². The van der Waals surface area contributed by atoms with Crippen LogP contribution in [0.3, 0.4) is 0 Å². The lowest BCUT2D eigenvalue weighted by Crippen LogP contribution is -2.38. The normalized spacial score (nSPS) is 17.1. The van der Waals surface area contributed by atoms with Gasteiger partial charge >= 0.3 is 0 Å². The van der Waals surface area contributed by atoms with Crippen molar-refractivity contribution in [2.24, 2.45) is 0 Å². The quantitative estimate of drug-likeness (QED) is 0.890. The van der Waals surface area contributed by atoms with Gasteiger partial charge in [-0.05, 0) is 30.5 Å². The lowest BCUT2D eigenvalue weighted by molar-refractivity contribution is 0.117. The maximum Gasteiger partial charge on any atom is 0.124 e. The topological polar surface area (TPSA) is 23.5 Å². The minimum absolute atomic E-state index is 0.176. The summed E-state index contributed by atoms with van der Waals surface area (Å²) in [6, 6.07) is 5.38. The summed E-state index contributed by atoms with van der Waals surface area (Å²) in [4.78, 5) is 2.33. The number of hydrogen-bond acceptors (Lipinski definition) is 2. The Balaban J connectivity index is 2.06. The molecule has 1 aliphatic carbocycles. The first-order valence-electron chi connectivity index (χ1n) is 6.99. The maximum absolute atomic E-state index is 13.1. The highest BCUT2D eigenvalue weighted by atomic mass is 79.9. The second-order valence-electron chi connectivity index (χ2n) is 5.22. The van der Waals surface area contributed by atoms with Crippen molar-refractivity contribution < 1.29 is 9.50 Å². The zero-order chi connectivity index (χ0) is 13.7. The minimum atomic E-state index is -0.220. The van der Waals surface area contributed by atoms with Crippen LogP contribution in [-0.2, 0) is 6.54 Å². The van der Waals surface area contributed by atoms with E-state index in [1.807, 2.05) is 6.07 Å². The van der Waals surface area contributed by atoms with Gasteiger partial charge in [0, 0.05) is 23.6 Å². The molecule has 0 saturated heterocycles. The van der Waals surface area contributed by atoms with E-state index >= 15 is 0 Å². The number of hydrogen-bond donors (Lipinski definition) is 1. The number of aliphatic hydroxyl groups excluding tert-OH is 1. The highest BCUT2D eigenvalue weighted by molar-refractivity contribution is 9.10. The van der Waals surface area contributed by atoms with Gasteiger partial charge in [0.2, 0.25) is 0 Å². The second-order valence-corrected chi connectivity index (χ2v) is 6.08. The van der Waals surface area contributed by atoms with E-state index in [2.05, 4.69) is 20.8 Å². The van der Waals surface area contributed by atoms with Crippen LogP contribution < -0.4 is 0 Å². The predicted octanol–water partition coefficient (Wildman–Crippen LogP) is 3.72. The highest BCUT2D eigenvalue weighted by Crippen LogP contribution is 2.26. The van der Waals surface area contributed by atoms with Crippen molar-refractivity contribution in [1.29, 1.82) is 0 Å². The Morgan fingerprint density at radius 3 is 2.63 bits per heavy atom. The Labute approximate surface area is 122 Å². The zero-order valence-corrected chi connectivity index (χ0v) is 12.7. The summed E-state index contributed by atoms with van der Waals surface area (Å²) in [5.74, 6) is -0.220. The van der Waals surface area contributed by atoms with Gasteiger partial charge < -0.3 is 5.11 Å². The molecule has 0 unspecified atom stereocenters. The fourth-order valence-corrected chi connectivity index (χ4v) is 3.31. The van der Waals surface area contributed by atoms with Gasteiger partial charge in [-0.3, -0.25) is 4.90 Å². The summed E-state index contributed by atoms with van der Waals surface area (Å²) < 4.78 is 13.9. The summed E-state index contributed by atoms with van der Waals surface area (Å²) in [6.45, 7) is 1.63. The number of nitrogens with zero attached hydrogens (tertiary/aromatic N) is 1. The van der Waals surface area contributed by atoms with Gasteiger partial charge in [0.05, 0.1) is 6.61 Å². The van der Waals surface area contributed by atoms with Crippen molar-refractivity contribution in [1.82, 2.24) is 4.90 Å². The molecule has 1 fully saturated rings. The molecular weight excluding hydrogens is 309 g/mol. The summed E-state index contributed by atoms with van der Waals surface area (Å²) in [7, 11) is 0. The van der Waals surface area contributed by atoms with Crippen LogP contribution >= 0.6 is 15.9 Å². The van der Waals surface area contributed by atoms with Gasteiger partial charge in [-0.2, -0.15) is 0 Å². The largest absolute Gasteiger partial charge is 0.395 e. The first-order chi connectivity index (χ1) is 9.20. The van der Waals surface area contributed by atoms with Crippen LogP contribution in [0.5, 0.6) is 0 Å². The minimum Gasteiger partial charge on any atom is -0.395 e. The number of aliphatic hydroxyl groups is 1. The third-order valence-corrected chi connectivity index (χ3v) is 4.61. The predicted molar refractivity (Wildman–Crippen MR) is 78.5 cm³/mol. The molecule has 0 aromatic heterocycles. The number of rotatable bonds is 5. The molecule has 0 bridgehead atoms. The molecule has 4 heteroatoms. The van der Waals surface area contributed by atoms with Gasteiger partial charge in [0.1, 0.15) is 5.82 Å². The Bertz CT molecular complexity index is 407. The molecule has 2 nitrogen and oxygen atoms in total. The van der Waals surface area contributed by atoms with Gasteiger partial charge in [0.15, 0.2) is 0 Å². The summed E-state index contributed by atoms with van der Waals surface area (Å²) >= 11 is 3.42. The zero-order valence-electron chi connectivity index (χ0n) is 11.1. The first kappa shape index (κ1) is 14.9. The molecule has 0 radical (unpaired) electrons. The van der Waals surface area contributed by atoms with Crippen LogP contribution in [0.25, 0.3) is 0 Å². The third kappa shape index (κ3) is 4.26. The van der Waals surface area contributed by atoms with Gasteiger partial charge in [-0.25, -0.2) is 4.39 Å². The molecule has 0 heterocycles. The first-order valence-corrected chi connectivity index (χ1v) is 7.79. The monoisotopic (exact) mass is 329 g/mol. The van der Waals surface area contributed by atoms with Gasteiger partial charge in [-0.1, -0.05) is 41.3 Å². The molecule has 2 rings (SSSR count). The standard InChI is InChI=1S/C15H21BrFNO/c16-15-10-13(17)7-6-12(15)11-18(8-9-19)14-4-2-1-3-5-14/h6-7,10,14,19H,1-5,8-9,11H2. The van der Waals surface area contributed by atoms with Crippen LogP contribution in [0.1, 0.15) is 37.7 Å². The van der Waals surface area contributed by atoms with Crippen molar-refractivity contribution in [2.75, 3.05) is 13.2 Å². The second kappa shape index (κ2) is 7.36. The maximum atomic E-state index is 13.1. The van der Waals surface area contributed by atoms with Crippen molar-refractivity contribution in [3.05, 3.63) is 34.1 Å². The van der Waals surface area contributed by atoms with Crippen molar-refractivity contribution in [2.45, 2.75) is 44.7 Å². The van der Waals surface area contributed by atoms with E-state index in [1.54, 1.807) is 0 Å². The summed E-state index contributed by atoms with van der Waals surface area (Å²) in [5.41, 5.74) is 1.08. The number of benzene rings is 1. The summed E-state index contributed by atoms with van der Waals surface area (Å²) in [5, 5.41) is 9.25. The van der Waals surface area contributed by atoms with E-state index in [0.29, 0.717) is 12.6 Å². The Morgan fingerprint density at radius 1 is 1.26 bits per heavy atom. The Hall–Kier alpha value is -0.450. The smallest absolute Gasteiger partial charge is 0.124 e. The van der Waals surface area contributed by atoms with Gasteiger partial charge in [0.25, 0.3) is 0 Å². The van der Waals surface area contributed by atoms with Gasteiger partial charge in [-0.15, -0.1) is 0 Å². The molecule has 0 atom stereocenters. The number of halogens is 2. The van der Waals surface area contributed by atoms with E-state index in [9.17, 15) is 9.50 Å². The van der Waals surface area contributed by atoms with Crippen molar-refractivity contribution in [3.8, 4) is 0 Å². The molecule has 1 aromatic carbocycles. The van der Waals surface area contributed by atoms with Crippen LogP contribution in [0.15, 0.2) is 22.7 Å². The molecule has 0 aliphatic heterocycles. The molecule has 1 aliphatic rings. The molecule has 0 amide bonds. The molecule has 106 valence electrons. The van der Waals surface area contributed by atoms with Crippen LogP contribution in [-0.4, -0.2) is 29.2 Å². The molecule has 19 heavy (non-hydrogen) atoms. The molecule has 1 saturated carbocycles. The van der Waals surface area contributed by atoms with Crippen molar-refractivity contribution >= 4 is 15.9 Å². The SMILES string of the molecule is OCCN(Cc1ccc(F)cc1Br)C1CCCCC1. The molecule has 0 spiro atoms. The lowest BCUT2D eigenvalue weighted by atomic mass is 9.94. The Kier molecular flexibility index (Phi) is 5.79. The Morgan fingerprint density at radius 2 is 2.00 bits per heavy atom. The lowest BCUT2D eigenvalue weighted by Gasteiger charge is -2.34. The molecular formula is C15H21BrFNO. The fraction of sp³-hybridized carbons (Fsp3) is 0.600. The average molecular weight is 330 g/mol. The average Bonchev–Trinajstić information content (AvgIpc) is 2.42. The highest BCUT2D eigenvalue weighted by Gasteiger charge is 2.21. The van der Waals surface area contributed by atoms with E-state index in [0.717, 1.165) is 16.6 Å². The van der Waals surface area contributed by atoms with E-state index < -0.39 is 0 Å². The van der Waals surface area contributed by atoms with Crippen LogP contribution in [0, 0.1) is 5.82 Å². The van der Waals surface area contributed by atoms with Crippen LogP contribution in [0.2, 0.25) is 0 Å². The molecule has 1 aromatic rings. The fourth-order valence-electron chi connectivity index (χ4n) is 2.83.